The number of nitrogens with one attached hydrogen (secondary N) is 1. The molecule has 0 saturated carbocycles. The number of hydrogen-bond acceptors (Lipinski definition) is 3. The minimum absolute atomic E-state index is 0.599. The van der Waals surface area contributed by atoms with Crippen LogP contribution in [-0.2, 0) is 0 Å². The SMILES string of the molecule is Cc1cc(Br)cnc1N(C)C1CNC1. The molecular weight excluding hydrogens is 242 g/mol. The second-order valence-electron chi connectivity index (χ2n) is 3.72. The van der Waals surface area contributed by atoms with Crippen molar-refractivity contribution in [1.82, 2.24) is 10.3 Å². The van der Waals surface area contributed by atoms with E-state index in [4.69, 9.17) is 0 Å². The smallest absolute Gasteiger partial charge is 0.131 e. The van der Waals surface area contributed by atoms with Crippen LogP contribution in [-0.4, -0.2) is 31.2 Å². The van der Waals surface area contributed by atoms with Gasteiger partial charge in [-0.25, -0.2) is 4.98 Å². The zero-order valence-electron chi connectivity index (χ0n) is 8.42. The van der Waals surface area contributed by atoms with E-state index < -0.39 is 0 Å². The Kier molecular flexibility index (Phi) is 2.74. The summed E-state index contributed by atoms with van der Waals surface area (Å²) in [5, 5.41) is 3.26. The molecule has 0 unspecified atom stereocenters. The van der Waals surface area contributed by atoms with Crippen molar-refractivity contribution < 1.29 is 0 Å². The van der Waals surface area contributed by atoms with Crippen LogP contribution >= 0.6 is 15.9 Å². The molecule has 3 nitrogen and oxygen atoms in total. The van der Waals surface area contributed by atoms with Crippen molar-refractivity contribution in [2.45, 2.75) is 13.0 Å². The molecule has 0 radical (unpaired) electrons. The lowest BCUT2D eigenvalue weighted by Gasteiger charge is -2.37. The molecule has 0 amide bonds. The lowest BCUT2D eigenvalue weighted by atomic mass is 10.1. The predicted octanol–water partition coefficient (Wildman–Crippen LogP) is 1.56. The molecule has 0 aromatic carbocycles. The molecular formula is C10H14BrN3. The van der Waals surface area contributed by atoms with Crippen LogP contribution < -0.4 is 10.2 Å². The highest BCUT2D eigenvalue weighted by Crippen LogP contribution is 2.21. The molecule has 0 spiro atoms. The highest BCUT2D eigenvalue weighted by atomic mass is 79.9. The minimum atomic E-state index is 0.599. The Bertz CT molecular complexity index is 336. The van der Waals surface area contributed by atoms with Gasteiger partial charge in [-0.15, -0.1) is 0 Å². The first-order valence-corrected chi connectivity index (χ1v) is 5.53. The molecule has 0 bridgehead atoms. The highest BCUT2D eigenvalue weighted by molar-refractivity contribution is 9.10. The van der Waals surface area contributed by atoms with E-state index in [-0.39, 0.29) is 0 Å². The summed E-state index contributed by atoms with van der Waals surface area (Å²) in [6.45, 7) is 4.22. The second kappa shape index (κ2) is 3.87. The van der Waals surface area contributed by atoms with Crippen molar-refractivity contribution in [3.8, 4) is 0 Å². The van der Waals surface area contributed by atoms with Crippen LogP contribution in [0.4, 0.5) is 5.82 Å². The Morgan fingerprint density at radius 1 is 1.57 bits per heavy atom. The molecule has 1 N–H and O–H groups in total. The summed E-state index contributed by atoms with van der Waals surface area (Å²) in [5.74, 6) is 1.08. The molecule has 1 saturated heterocycles. The summed E-state index contributed by atoms with van der Waals surface area (Å²) < 4.78 is 1.04. The van der Waals surface area contributed by atoms with E-state index in [9.17, 15) is 0 Å². The van der Waals surface area contributed by atoms with E-state index in [1.165, 1.54) is 5.56 Å². The van der Waals surface area contributed by atoms with Crippen molar-refractivity contribution in [1.29, 1.82) is 0 Å². The molecule has 14 heavy (non-hydrogen) atoms. The van der Waals surface area contributed by atoms with Crippen molar-refractivity contribution in [3.63, 3.8) is 0 Å². The lowest BCUT2D eigenvalue weighted by Crippen LogP contribution is -2.56. The minimum Gasteiger partial charge on any atom is -0.354 e. The lowest BCUT2D eigenvalue weighted by molar-refractivity contribution is 0.426. The number of pyridine rings is 1. The van der Waals surface area contributed by atoms with Crippen molar-refractivity contribution in [2.24, 2.45) is 0 Å². The highest BCUT2D eigenvalue weighted by Gasteiger charge is 2.23. The molecule has 2 heterocycles. The fraction of sp³-hybridized carbons (Fsp3) is 0.500. The maximum absolute atomic E-state index is 4.43. The maximum atomic E-state index is 4.43. The number of hydrogen-bond donors (Lipinski definition) is 1. The summed E-state index contributed by atoms with van der Waals surface area (Å²) in [7, 11) is 2.11. The van der Waals surface area contributed by atoms with Crippen molar-refractivity contribution in [2.75, 3.05) is 25.0 Å². The van der Waals surface area contributed by atoms with Crippen LogP contribution in [0.25, 0.3) is 0 Å². The molecule has 1 aromatic rings. The summed E-state index contributed by atoms with van der Waals surface area (Å²) in [4.78, 5) is 6.68. The molecule has 4 heteroatoms. The van der Waals surface area contributed by atoms with Gasteiger partial charge in [0.05, 0.1) is 6.04 Å². The van der Waals surface area contributed by atoms with E-state index in [2.05, 4.69) is 51.2 Å². The zero-order valence-corrected chi connectivity index (χ0v) is 10.0. The van der Waals surface area contributed by atoms with Gasteiger partial charge >= 0.3 is 0 Å². The first-order chi connectivity index (χ1) is 6.68. The van der Waals surface area contributed by atoms with Gasteiger partial charge in [0.2, 0.25) is 0 Å². The standard InChI is InChI=1S/C10H14BrN3/c1-7-3-8(11)4-13-10(7)14(2)9-5-12-6-9/h3-4,9,12H,5-6H2,1-2H3. The molecule has 0 aliphatic carbocycles. The molecule has 2 rings (SSSR count). The number of rotatable bonds is 2. The quantitative estimate of drug-likeness (QED) is 0.870. The maximum Gasteiger partial charge on any atom is 0.131 e. The van der Waals surface area contributed by atoms with Crippen LogP contribution in [0.3, 0.4) is 0 Å². The number of nitrogens with zero attached hydrogens (tertiary/aromatic N) is 2. The molecule has 1 aliphatic heterocycles. The van der Waals surface area contributed by atoms with E-state index >= 15 is 0 Å². The van der Waals surface area contributed by atoms with Gasteiger partial charge in [-0.3, -0.25) is 0 Å². The van der Waals surface area contributed by atoms with Gasteiger partial charge in [0.1, 0.15) is 5.82 Å². The Hall–Kier alpha value is -0.610. The topological polar surface area (TPSA) is 28.2 Å². The third-order valence-corrected chi connectivity index (χ3v) is 3.09. The van der Waals surface area contributed by atoms with Gasteiger partial charge in [-0.05, 0) is 34.5 Å². The van der Waals surface area contributed by atoms with Crippen LogP contribution in [0.5, 0.6) is 0 Å². The van der Waals surface area contributed by atoms with Crippen LogP contribution in [0.1, 0.15) is 5.56 Å². The van der Waals surface area contributed by atoms with Gasteiger partial charge in [0.15, 0.2) is 0 Å². The van der Waals surface area contributed by atoms with E-state index in [1.807, 2.05) is 6.20 Å². The largest absolute Gasteiger partial charge is 0.354 e. The molecule has 0 atom stereocenters. The zero-order chi connectivity index (χ0) is 10.1. The third kappa shape index (κ3) is 1.77. The Morgan fingerprint density at radius 2 is 2.29 bits per heavy atom. The first kappa shape index (κ1) is 9.93. The molecule has 76 valence electrons. The summed E-state index contributed by atoms with van der Waals surface area (Å²) >= 11 is 3.42. The number of likely N-dealkylation sites (N-methyl/N-ethyl adjacent to an activating group) is 1. The summed E-state index contributed by atoms with van der Waals surface area (Å²) in [6, 6.07) is 2.70. The molecule has 1 aromatic heterocycles. The van der Waals surface area contributed by atoms with Crippen LogP contribution in [0.15, 0.2) is 16.7 Å². The first-order valence-electron chi connectivity index (χ1n) is 4.74. The van der Waals surface area contributed by atoms with Crippen LogP contribution in [0, 0.1) is 6.92 Å². The van der Waals surface area contributed by atoms with Gasteiger partial charge in [-0.2, -0.15) is 0 Å². The van der Waals surface area contributed by atoms with Crippen molar-refractivity contribution in [3.05, 3.63) is 22.3 Å². The van der Waals surface area contributed by atoms with Crippen molar-refractivity contribution >= 4 is 21.7 Å². The van der Waals surface area contributed by atoms with Gasteiger partial charge in [0.25, 0.3) is 0 Å². The molecule has 1 fully saturated rings. The van der Waals surface area contributed by atoms with Crippen LogP contribution in [0.2, 0.25) is 0 Å². The second-order valence-corrected chi connectivity index (χ2v) is 4.63. The average molecular weight is 256 g/mol. The van der Waals surface area contributed by atoms with Gasteiger partial charge in [0, 0.05) is 30.8 Å². The normalized spacial score (nSPS) is 16.5. The molecule has 1 aliphatic rings. The number of aromatic nitrogens is 1. The number of anilines is 1. The van der Waals surface area contributed by atoms with E-state index in [0.29, 0.717) is 6.04 Å². The predicted molar refractivity (Wildman–Crippen MR) is 61.7 cm³/mol. The number of halogens is 1. The Labute approximate surface area is 92.6 Å². The Balaban J connectivity index is 2.22. The summed E-state index contributed by atoms with van der Waals surface area (Å²) in [5.41, 5.74) is 1.22. The fourth-order valence-electron chi connectivity index (χ4n) is 1.62. The average Bonchev–Trinajstić information content (AvgIpc) is 2.00. The third-order valence-electron chi connectivity index (χ3n) is 2.66. The van der Waals surface area contributed by atoms with Gasteiger partial charge < -0.3 is 10.2 Å². The van der Waals surface area contributed by atoms with E-state index in [0.717, 1.165) is 23.4 Å². The Morgan fingerprint density at radius 3 is 2.79 bits per heavy atom. The van der Waals surface area contributed by atoms with Gasteiger partial charge in [-0.1, -0.05) is 0 Å². The summed E-state index contributed by atoms with van der Waals surface area (Å²) in [6.07, 6.45) is 1.85. The monoisotopic (exact) mass is 255 g/mol. The number of aryl methyl sites for hydroxylation is 1. The fourth-order valence-corrected chi connectivity index (χ4v) is 2.07. The van der Waals surface area contributed by atoms with E-state index in [1.54, 1.807) is 0 Å².